The number of carbonyl (C=O) groups is 2. The molecule has 0 aromatic heterocycles. The van der Waals surface area contributed by atoms with Crippen LogP contribution in [0.2, 0.25) is 0 Å². The summed E-state index contributed by atoms with van der Waals surface area (Å²) in [7, 11) is 0. The Morgan fingerprint density at radius 2 is 1.43 bits per heavy atom. The van der Waals surface area contributed by atoms with Gasteiger partial charge in [-0.1, -0.05) is 0 Å². The molecular weight excluding hydrogens is 374 g/mol. The summed E-state index contributed by atoms with van der Waals surface area (Å²) in [5.74, 6) is 3.55. The zero-order valence-electron chi connectivity index (χ0n) is 19.2. The van der Waals surface area contributed by atoms with Gasteiger partial charge in [-0.2, -0.15) is 0 Å². The van der Waals surface area contributed by atoms with Crippen LogP contribution in [0.5, 0.6) is 0 Å². The van der Waals surface area contributed by atoms with Crippen LogP contribution in [0, 0.1) is 29.1 Å². The lowest BCUT2D eigenvalue weighted by Gasteiger charge is -2.55. The van der Waals surface area contributed by atoms with Gasteiger partial charge in [0, 0.05) is 29.6 Å². The van der Waals surface area contributed by atoms with E-state index in [4.69, 9.17) is 0 Å². The Morgan fingerprint density at radius 3 is 1.93 bits per heavy atom. The molecule has 6 fully saturated rings. The SMILES string of the molecule is CC(C)(C)NC(=O)CN1[C@@H]2CC[C@H]1CC(CNC(=O)C13CC4CC(CC(C4)C1)C3)C2. The van der Waals surface area contributed by atoms with Gasteiger partial charge in [0.05, 0.1) is 6.54 Å². The summed E-state index contributed by atoms with van der Waals surface area (Å²) in [5, 5.41) is 6.54. The molecule has 0 aromatic rings. The first-order valence-electron chi connectivity index (χ1n) is 12.5. The molecule has 2 aliphatic heterocycles. The lowest BCUT2D eigenvalue weighted by Crippen LogP contribution is -2.55. The predicted octanol–water partition coefficient (Wildman–Crippen LogP) is 3.48. The van der Waals surface area contributed by atoms with Gasteiger partial charge in [0.15, 0.2) is 0 Å². The van der Waals surface area contributed by atoms with Crippen molar-refractivity contribution in [1.29, 1.82) is 0 Å². The molecular formula is C25H41N3O2. The van der Waals surface area contributed by atoms with E-state index in [1.54, 1.807) is 0 Å². The molecule has 2 amide bonds. The zero-order valence-corrected chi connectivity index (χ0v) is 19.2. The van der Waals surface area contributed by atoms with E-state index in [9.17, 15) is 9.59 Å². The van der Waals surface area contributed by atoms with Crippen molar-refractivity contribution in [2.75, 3.05) is 13.1 Å². The number of carbonyl (C=O) groups excluding carboxylic acids is 2. The molecule has 2 saturated heterocycles. The molecule has 2 heterocycles. The number of hydrogen-bond acceptors (Lipinski definition) is 3. The molecule has 1 unspecified atom stereocenters. The van der Waals surface area contributed by atoms with Gasteiger partial charge in [0.25, 0.3) is 0 Å². The van der Waals surface area contributed by atoms with Crippen LogP contribution in [0.3, 0.4) is 0 Å². The highest BCUT2D eigenvalue weighted by Crippen LogP contribution is 2.60. The predicted molar refractivity (Wildman–Crippen MR) is 118 cm³/mol. The summed E-state index contributed by atoms with van der Waals surface area (Å²) < 4.78 is 0. The molecule has 3 atom stereocenters. The van der Waals surface area contributed by atoms with Gasteiger partial charge in [-0.3, -0.25) is 14.5 Å². The van der Waals surface area contributed by atoms with Crippen LogP contribution in [0.25, 0.3) is 0 Å². The fraction of sp³-hybridized carbons (Fsp3) is 0.920. The maximum atomic E-state index is 13.3. The van der Waals surface area contributed by atoms with E-state index in [1.165, 1.54) is 32.1 Å². The van der Waals surface area contributed by atoms with Crippen LogP contribution in [0.1, 0.15) is 85.0 Å². The number of nitrogens with one attached hydrogen (secondary N) is 2. The van der Waals surface area contributed by atoms with E-state index < -0.39 is 0 Å². The Labute approximate surface area is 182 Å². The molecule has 2 N–H and O–H groups in total. The first-order valence-corrected chi connectivity index (χ1v) is 12.5. The van der Waals surface area contributed by atoms with Gasteiger partial charge in [0.1, 0.15) is 0 Å². The molecule has 0 aromatic carbocycles. The molecule has 0 radical (unpaired) electrons. The third kappa shape index (κ3) is 4.03. The fourth-order valence-electron chi connectivity index (χ4n) is 8.25. The minimum atomic E-state index is -0.171. The summed E-state index contributed by atoms with van der Waals surface area (Å²) in [6.07, 6.45) is 12.3. The molecule has 5 heteroatoms. The fourth-order valence-corrected chi connectivity index (χ4v) is 8.25. The number of fused-ring (bicyclic) bond motifs is 2. The average molecular weight is 416 g/mol. The first-order chi connectivity index (χ1) is 14.2. The van der Waals surface area contributed by atoms with Gasteiger partial charge in [-0.15, -0.1) is 0 Å². The largest absolute Gasteiger partial charge is 0.355 e. The minimum Gasteiger partial charge on any atom is -0.355 e. The second kappa shape index (κ2) is 7.50. The van der Waals surface area contributed by atoms with Crippen LogP contribution in [-0.4, -0.2) is 47.4 Å². The van der Waals surface area contributed by atoms with Gasteiger partial charge in [-0.05, 0) is 109 Å². The third-order valence-electron chi connectivity index (χ3n) is 8.89. The van der Waals surface area contributed by atoms with Crippen LogP contribution in [-0.2, 0) is 9.59 Å². The number of rotatable bonds is 5. The van der Waals surface area contributed by atoms with Gasteiger partial charge in [-0.25, -0.2) is 0 Å². The summed E-state index contributed by atoms with van der Waals surface area (Å²) in [6, 6.07) is 1.02. The number of amides is 2. The molecule has 0 spiro atoms. The normalized spacial score (nSPS) is 42.4. The van der Waals surface area contributed by atoms with E-state index in [0.717, 1.165) is 56.4 Å². The van der Waals surface area contributed by atoms with E-state index in [-0.39, 0.29) is 16.9 Å². The zero-order chi connectivity index (χ0) is 21.1. The second-order valence-corrected chi connectivity index (χ2v) is 12.6. The molecule has 4 saturated carbocycles. The Kier molecular flexibility index (Phi) is 5.19. The van der Waals surface area contributed by atoms with Crippen LogP contribution < -0.4 is 10.6 Å². The van der Waals surface area contributed by atoms with E-state index in [1.807, 2.05) is 20.8 Å². The van der Waals surface area contributed by atoms with Crippen LogP contribution >= 0.6 is 0 Å². The van der Waals surface area contributed by atoms with Crippen molar-refractivity contribution in [3.8, 4) is 0 Å². The Morgan fingerprint density at radius 1 is 0.900 bits per heavy atom. The maximum absolute atomic E-state index is 13.3. The van der Waals surface area contributed by atoms with Gasteiger partial charge in [0.2, 0.25) is 11.8 Å². The van der Waals surface area contributed by atoms with Crippen molar-refractivity contribution in [1.82, 2.24) is 15.5 Å². The number of hydrogen-bond donors (Lipinski definition) is 2. The summed E-state index contributed by atoms with van der Waals surface area (Å²) in [5.41, 5.74) is -0.199. The van der Waals surface area contributed by atoms with Crippen molar-refractivity contribution in [2.24, 2.45) is 29.1 Å². The Hall–Kier alpha value is -1.10. The Balaban J connectivity index is 1.13. The average Bonchev–Trinajstić information content (AvgIpc) is 2.85. The molecule has 30 heavy (non-hydrogen) atoms. The van der Waals surface area contributed by atoms with Gasteiger partial charge < -0.3 is 10.6 Å². The second-order valence-electron chi connectivity index (χ2n) is 12.6. The van der Waals surface area contributed by atoms with Crippen molar-refractivity contribution in [3.63, 3.8) is 0 Å². The maximum Gasteiger partial charge on any atom is 0.234 e. The van der Waals surface area contributed by atoms with Crippen LogP contribution in [0.15, 0.2) is 0 Å². The lowest BCUT2D eigenvalue weighted by atomic mass is 9.49. The molecule has 6 aliphatic rings. The smallest absolute Gasteiger partial charge is 0.234 e. The number of piperidine rings is 1. The van der Waals surface area contributed by atoms with E-state index in [2.05, 4.69) is 15.5 Å². The molecule has 6 rings (SSSR count). The van der Waals surface area contributed by atoms with Crippen molar-refractivity contribution in [2.45, 2.75) is 103 Å². The minimum absolute atomic E-state index is 0.0283. The van der Waals surface area contributed by atoms with E-state index in [0.29, 0.717) is 30.5 Å². The first kappa shape index (κ1) is 20.8. The summed E-state index contributed by atoms with van der Waals surface area (Å²) >= 11 is 0. The van der Waals surface area contributed by atoms with Gasteiger partial charge >= 0.3 is 0 Å². The standard InChI is InChI=1S/C25H41N3O2/c1-24(2,3)27-22(29)15-28-20-4-5-21(28)10-19(9-20)14-26-23(30)25-11-16-6-17(12-25)8-18(7-16)13-25/h16-21H,4-15H2,1-3H3,(H,26,30)(H,27,29)/t16?,17?,18?,19?,20-,21+,25?. The molecule has 5 nitrogen and oxygen atoms in total. The highest BCUT2D eigenvalue weighted by Gasteiger charge is 2.54. The van der Waals surface area contributed by atoms with Crippen molar-refractivity contribution in [3.05, 3.63) is 0 Å². The highest BCUT2D eigenvalue weighted by molar-refractivity contribution is 5.83. The summed E-state index contributed by atoms with van der Waals surface area (Å²) in [6.45, 7) is 7.49. The van der Waals surface area contributed by atoms with E-state index >= 15 is 0 Å². The van der Waals surface area contributed by atoms with Crippen molar-refractivity contribution >= 4 is 11.8 Å². The molecule has 168 valence electrons. The molecule has 6 bridgehead atoms. The monoisotopic (exact) mass is 415 g/mol. The highest BCUT2D eigenvalue weighted by atomic mass is 16.2. The van der Waals surface area contributed by atoms with Crippen LogP contribution in [0.4, 0.5) is 0 Å². The van der Waals surface area contributed by atoms with Crippen molar-refractivity contribution < 1.29 is 9.59 Å². The lowest BCUT2D eigenvalue weighted by molar-refractivity contribution is -0.146. The summed E-state index contributed by atoms with van der Waals surface area (Å²) in [4.78, 5) is 28.2. The number of nitrogens with zero attached hydrogens (tertiary/aromatic N) is 1. The molecule has 4 aliphatic carbocycles. The topological polar surface area (TPSA) is 61.4 Å². The Bertz CT molecular complexity index is 648. The quantitative estimate of drug-likeness (QED) is 0.723. The third-order valence-corrected chi connectivity index (χ3v) is 8.89.